The quantitative estimate of drug-likeness (QED) is 0.927. The van der Waals surface area contributed by atoms with E-state index in [4.69, 9.17) is 0 Å². The van der Waals surface area contributed by atoms with E-state index in [1.165, 1.54) is 29.3 Å². The van der Waals surface area contributed by atoms with Crippen molar-refractivity contribution in [2.75, 3.05) is 18.0 Å². The van der Waals surface area contributed by atoms with Crippen LogP contribution < -0.4 is 10.2 Å². The second kappa shape index (κ2) is 5.80. The van der Waals surface area contributed by atoms with Crippen LogP contribution in [0.4, 0.5) is 5.69 Å². The van der Waals surface area contributed by atoms with Gasteiger partial charge in [0.15, 0.2) is 0 Å². The van der Waals surface area contributed by atoms with Crippen LogP contribution in [0.1, 0.15) is 26.7 Å². The first-order valence-corrected chi connectivity index (χ1v) is 7.62. The van der Waals surface area contributed by atoms with Crippen molar-refractivity contribution in [3.8, 4) is 0 Å². The fourth-order valence-electron chi connectivity index (χ4n) is 3.36. The standard InChI is InChI=1S/C17H23N3/c1-3-19-15-8-10-20(13(2)11-15)17-6-4-5-14-12-18-9-7-16(14)17/h4-7,9,12-13,15,19H,3,8,10-11H2,1-2H3. The number of piperidine rings is 1. The summed E-state index contributed by atoms with van der Waals surface area (Å²) in [6, 6.07) is 9.90. The van der Waals surface area contributed by atoms with Gasteiger partial charge in [0.2, 0.25) is 0 Å². The lowest BCUT2D eigenvalue weighted by Crippen LogP contribution is -2.47. The Bertz CT molecular complexity index is 576. The minimum Gasteiger partial charge on any atom is -0.368 e. The van der Waals surface area contributed by atoms with Gasteiger partial charge in [0.1, 0.15) is 0 Å². The maximum atomic E-state index is 4.23. The Morgan fingerprint density at radius 3 is 3.05 bits per heavy atom. The Balaban J connectivity index is 1.88. The van der Waals surface area contributed by atoms with Crippen molar-refractivity contribution in [3.63, 3.8) is 0 Å². The number of aromatic nitrogens is 1. The number of nitrogens with one attached hydrogen (secondary N) is 1. The molecule has 1 aromatic heterocycles. The monoisotopic (exact) mass is 269 g/mol. The van der Waals surface area contributed by atoms with Gasteiger partial charge in [0, 0.05) is 47.5 Å². The highest BCUT2D eigenvalue weighted by molar-refractivity contribution is 5.93. The van der Waals surface area contributed by atoms with Gasteiger partial charge in [-0.25, -0.2) is 0 Å². The van der Waals surface area contributed by atoms with Crippen molar-refractivity contribution in [1.82, 2.24) is 10.3 Å². The van der Waals surface area contributed by atoms with E-state index in [1.54, 1.807) is 0 Å². The fourth-order valence-corrected chi connectivity index (χ4v) is 3.36. The highest BCUT2D eigenvalue weighted by Crippen LogP contribution is 2.31. The highest BCUT2D eigenvalue weighted by atomic mass is 15.2. The van der Waals surface area contributed by atoms with Gasteiger partial charge in [-0.05, 0) is 38.4 Å². The molecule has 2 unspecified atom stereocenters. The highest BCUT2D eigenvalue weighted by Gasteiger charge is 2.25. The van der Waals surface area contributed by atoms with Gasteiger partial charge in [-0.15, -0.1) is 0 Å². The molecule has 1 aromatic carbocycles. The first-order valence-electron chi connectivity index (χ1n) is 7.62. The van der Waals surface area contributed by atoms with E-state index < -0.39 is 0 Å². The molecule has 3 heteroatoms. The molecule has 2 heterocycles. The summed E-state index contributed by atoms with van der Waals surface area (Å²) in [5.74, 6) is 0. The summed E-state index contributed by atoms with van der Waals surface area (Å²) in [7, 11) is 0. The molecule has 2 aromatic rings. The molecule has 1 N–H and O–H groups in total. The molecule has 1 aliphatic rings. The van der Waals surface area contributed by atoms with Gasteiger partial charge in [0.05, 0.1) is 0 Å². The molecule has 0 saturated carbocycles. The summed E-state index contributed by atoms with van der Waals surface area (Å²) in [6.45, 7) is 6.72. The maximum Gasteiger partial charge on any atom is 0.0449 e. The number of fused-ring (bicyclic) bond motifs is 1. The normalized spacial score (nSPS) is 23.2. The largest absolute Gasteiger partial charge is 0.368 e. The Morgan fingerprint density at radius 1 is 1.35 bits per heavy atom. The Morgan fingerprint density at radius 2 is 2.25 bits per heavy atom. The van der Waals surface area contributed by atoms with Crippen LogP contribution in [0.15, 0.2) is 36.7 Å². The summed E-state index contributed by atoms with van der Waals surface area (Å²) >= 11 is 0. The van der Waals surface area contributed by atoms with Gasteiger partial charge in [-0.1, -0.05) is 19.1 Å². The van der Waals surface area contributed by atoms with Crippen LogP contribution >= 0.6 is 0 Å². The van der Waals surface area contributed by atoms with Crippen LogP contribution in [0.2, 0.25) is 0 Å². The minimum absolute atomic E-state index is 0.576. The fraction of sp³-hybridized carbons (Fsp3) is 0.471. The van der Waals surface area contributed by atoms with Gasteiger partial charge in [0.25, 0.3) is 0 Å². The molecule has 106 valence electrons. The lowest BCUT2D eigenvalue weighted by Gasteiger charge is -2.40. The topological polar surface area (TPSA) is 28.2 Å². The SMILES string of the molecule is CCNC1CCN(c2cccc3cnccc23)C(C)C1. The predicted molar refractivity (Wildman–Crippen MR) is 85.2 cm³/mol. The van der Waals surface area contributed by atoms with E-state index in [0.29, 0.717) is 12.1 Å². The average molecular weight is 269 g/mol. The van der Waals surface area contributed by atoms with E-state index >= 15 is 0 Å². The summed E-state index contributed by atoms with van der Waals surface area (Å²) in [4.78, 5) is 6.78. The van der Waals surface area contributed by atoms with Crippen molar-refractivity contribution >= 4 is 16.5 Å². The van der Waals surface area contributed by atoms with Crippen molar-refractivity contribution < 1.29 is 0 Å². The smallest absolute Gasteiger partial charge is 0.0449 e. The van der Waals surface area contributed by atoms with Crippen LogP contribution in [0, 0.1) is 0 Å². The van der Waals surface area contributed by atoms with E-state index in [0.717, 1.165) is 13.1 Å². The van der Waals surface area contributed by atoms with Crippen LogP contribution in [0.25, 0.3) is 10.8 Å². The van der Waals surface area contributed by atoms with Crippen molar-refractivity contribution in [1.29, 1.82) is 0 Å². The number of benzene rings is 1. The second-order valence-electron chi connectivity index (χ2n) is 5.70. The molecule has 1 saturated heterocycles. The third kappa shape index (κ3) is 2.50. The number of hydrogen-bond acceptors (Lipinski definition) is 3. The molecule has 0 radical (unpaired) electrons. The lowest BCUT2D eigenvalue weighted by atomic mass is 9.96. The van der Waals surface area contributed by atoms with Gasteiger partial charge in [-0.3, -0.25) is 4.98 Å². The third-order valence-corrected chi connectivity index (χ3v) is 4.34. The first-order chi connectivity index (χ1) is 9.79. The molecule has 0 aliphatic carbocycles. The summed E-state index contributed by atoms with van der Waals surface area (Å²) in [5.41, 5.74) is 1.35. The molecule has 1 fully saturated rings. The molecule has 20 heavy (non-hydrogen) atoms. The van der Waals surface area contributed by atoms with Gasteiger partial charge < -0.3 is 10.2 Å². The van der Waals surface area contributed by atoms with Crippen LogP contribution in [-0.4, -0.2) is 30.2 Å². The van der Waals surface area contributed by atoms with Crippen molar-refractivity contribution in [3.05, 3.63) is 36.7 Å². The first kappa shape index (κ1) is 13.4. The third-order valence-electron chi connectivity index (χ3n) is 4.34. The summed E-state index contributed by atoms with van der Waals surface area (Å²) < 4.78 is 0. The van der Waals surface area contributed by atoms with E-state index in [2.05, 4.69) is 53.3 Å². The number of hydrogen-bond donors (Lipinski definition) is 1. The predicted octanol–water partition coefficient (Wildman–Crippen LogP) is 3.20. The van der Waals surface area contributed by atoms with Crippen LogP contribution in [-0.2, 0) is 0 Å². The van der Waals surface area contributed by atoms with Crippen LogP contribution in [0.5, 0.6) is 0 Å². The maximum absolute atomic E-state index is 4.23. The van der Waals surface area contributed by atoms with Gasteiger partial charge >= 0.3 is 0 Å². The number of nitrogens with zero attached hydrogens (tertiary/aromatic N) is 2. The number of anilines is 1. The lowest BCUT2D eigenvalue weighted by molar-refractivity contribution is 0.374. The van der Waals surface area contributed by atoms with Crippen molar-refractivity contribution in [2.45, 2.75) is 38.8 Å². The molecular weight excluding hydrogens is 246 g/mol. The average Bonchev–Trinajstić information content (AvgIpc) is 2.47. The molecule has 3 nitrogen and oxygen atoms in total. The molecule has 0 amide bonds. The second-order valence-corrected chi connectivity index (χ2v) is 5.70. The van der Waals surface area contributed by atoms with E-state index in [1.807, 2.05) is 12.4 Å². The summed E-state index contributed by atoms with van der Waals surface area (Å²) in [6.07, 6.45) is 6.28. The summed E-state index contributed by atoms with van der Waals surface area (Å²) in [5, 5.41) is 6.13. The zero-order valence-corrected chi connectivity index (χ0v) is 12.3. The molecule has 2 atom stereocenters. The van der Waals surface area contributed by atoms with E-state index in [-0.39, 0.29) is 0 Å². The zero-order valence-electron chi connectivity index (χ0n) is 12.3. The van der Waals surface area contributed by atoms with Crippen molar-refractivity contribution in [2.24, 2.45) is 0 Å². The number of pyridine rings is 1. The Hall–Kier alpha value is -1.61. The molecule has 0 bridgehead atoms. The Kier molecular flexibility index (Phi) is 3.88. The number of rotatable bonds is 3. The minimum atomic E-state index is 0.576. The van der Waals surface area contributed by atoms with Gasteiger partial charge in [-0.2, -0.15) is 0 Å². The van der Waals surface area contributed by atoms with Crippen LogP contribution in [0.3, 0.4) is 0 Å². The zero-order chi connectivity index (χ0) is 13.9. The van der Waals surface area contributed by atoms with E-state index in [9.17, 15) is 0 Å². The molecular formula is C17H23N3. The molecule has 0 spiro atoms. The molecule has 1 aliphatic heterocycles. The Labute approximate surface area is 121 Å². The molecule has 3 rings (SSSR count).